The largest absolute Gasteiger partial charge is 0.373 e. The number of rotatable bonds is 7. The molecule has 0 saturated carbocycles. The predicted molar refractivity (Wildman–Crippen MR) is 102 cm³/mol. The maximum atomic E-state index is 12.0. The van der Waals surface area contributed by atoms with Gasteiger partial charge in [-0.15, -0.1) is 11.3 Å². The molecule has 0 bridgehead atoms. The molecule has 1 saturated heterocycles. The Morgan fingerprint density at radius 3 is 2.84 bits per heavy atom. The van der Waals surface area contributed by atoms with Crippen LogP contribution in [0.1, 0.15) is 31.7 Å². The lowest BCUT2D eigenvalue weighted by Crippen LogP contribution is -2.46. The summed E-state index contributed by atoms with van der Waals surface area (Å²) >= 11 is 1.68. The number of carbonyl (C=O) groups excluding carboxylic acids is 1. The molecular weight excluding hydrogens is 334 g/mol. The number of morpholine rings is 1. The molecule has 1 amide bonds. The van der Waals surface area contributed by atoms with Crippen molar-refractivity contribution in [3.63, 3.8) is 0 Å². The van der Waals surface area contributed by atoms with Gasteiger partial charge in [0.2, 0.25) is 5.91 Å². The van der Waals surface area contributed by atoms with Crippen molar-refractivity contribution in [2.45, 2.75) is 45.3 Å². The lowest BCUT2D eigenvalue weighted by Gasteiger charge is -2.35. The summed E-state index contributed by atoms with van der Waals surface area (Å²) in [6.45, 7) is 7.94. The molecule has 0 spiro atoms. The number of amides is 1. The fourth-order valence-electron chi connectivity index (χ4n) is 3.33. The van der Waals surface area contributed by atoms with Crippen molar-refractivity contribution >= 4 is 27.5 Å². The van der Waals surface area contributed by atoms with Crippen molar-refractivity contribution < 1.29 is 9.53 Å². The van der Waals surface area contributed by atoms with Gasteiger partial charge in [-0.2, -0.15) is 0 Å². The number of carbonyl (C=O) groups is 1. The van der Waals surface area contributed by atoms with E-state index in [0.29, 0.717) is 25.0 Å². The molecule has 1 aromatic carbocycles. The lowest BCUT2D eigenvalue weighted by atomic mass is 10.2. The summed E-state index contributed by atoms with van der Waals surface area (Å²) in [6.07, 6.45) is 2.79. The standard InChI is InChI=1S/C19H27N3O2S/c1-14-12-22(13-15(2)24-14)11-5-10-20-18(23)8-9-19-21-16-6-3-4-7-17(16)25-19/h3-4,6-7,14-15H,5,8-13H2,1-2H3,(H,20,23)/t14-,15-/m0/s1. The summed E-state index contributed by atoms with van der Waals surface area (Å²) in [5, 5.41) is 4.06. The van der Waals surface area contributed by atoms with Gasteiger partial charge in [-0.25, -0.2) is 4.98 Å². The van der Waals surface area contributed by atoms with E-state index in [9.17, 15) is 4.79 Å². The molecule has 5 nitrogen and oxygen atoms in total. The first-order valence-electron chi connectivity index (χ1n) is 9.09. The first kappa shape index (κ1) is 18.3. The second-order valence-corrected chi connectivity index (χ2v) is 7.91. The minimum absolute atomic E-state index is 0.114. The van der Waals surface area contributed by atoms with E-state index in [1.807, 2.05) is 18.2 Å². The van der Waals surface area contributed by atoms with Crippen LogP contribution in [0.5, 0.6) is 0 Å². The fourth-order valence-corrected chi connectivity index (χ4v) is 4.30. The van der Waals surface area contributed by atoms with Crippen molar-refractivity contribution in [3.8, 4) is 0 Å². The van der Waals surface area contributed by atoms with Crippen LogP contribution in [0.4, 0.5) is 0 Å². The van der Waals surface area contributed by atoms with Gasteiger partial charge in [-0.05, 0) is 32.4 Å². The van der Waals surface area contributed by atoms with E-state index < -0.39 is 0 Å². The van der Waals surface area contributed by atoms with Crippen molar-refractivity contribution in [1.29, 1.82) is 0 Å². The van der Waals surface area contributed by atoms with Gasteiger partial charge in [0.1, 0.15) is 0 Å². The Hall–Kier alpha value is -1.50. The first-order chi connectivity index (χ1) is 12.1. The maximum Gasteiger partial charge on any atom is 0.220 e. The average Bonchev–Trinajstić information content (AvgIpc) is 2.99. The third-order valence-electron chi connectivity index (χ3n) is 4.37. The number of thiazole rings is 1. The van der Waals surface area contributed by atoms with Crippen molar-refractivity contribution in [3.05, 3.63) is 29.3 Å². The Kier molecular flexibility index (Phi) is 6.39. The van der Waals surface area contributed by atoms with E-state index in [1.165, 1.54) is 4.70 Å². The van der Waals surface area contributed by atoms with Gasteiger partial charge in [0, 0.05) is 39.0 Å². The van der Waals surface area contributed by atoms with Crippen LogP contribution < -0.4 is 5.32 Å². The fraction of sp³-hybridized carbons (Fsp3) is 0.579. The number of aromatic nitrogens is 1. The molecular formula is C19H27N3O2S. The van der Waals surface area contributed by atoms with Crippen LogP contribution in [0.2, 0.25) is 0 Å². The zero-order valence-electron chi connectivity index (χ0n) is 15.0. The smallest absolute Gasteiger partial charge is 0.220 e. The number of nitrogens with one attached hydrogen (secondary N) is 1. The van der Waals surface area contributed by atoms with E-state index in [-0.39, 0.29) is 5.91 Å². The topological polar surface area (TPSA) is 54.5 Å². The normalized spacial score (nSPS) is 21.5. The van der Waals surface area contributed by atoms with Crippen molar-refractivity contribution in [2.75, 3.05) is 26.2 Å². The molecule has 1 fully saturated rings. The third-order valence-corrected chi connectivity index (χ3v) is 5.47. The predicted octanol–water partition coefficient (Wildman–Crippen LogP) is 2.84. The van der Waals surface area contributed by atoms with Gasteiger partial charge < -0.3 is 10.1 Å². The first-order valence-corrected chi connectivity index (χ1v) is 9.91. The second-order valence-electron chi connectivity index (χ2n) is 6.80. The van der Waals surface area contributed by atoms with Crippen LogP contribution >= 0.6 is 11.3 Å². The number of aryl methyl sites for hydroxylation is 1. The van der Waals surface area contributed by atoms with Crippen LogP contribution in [0.3, 0.4) is 0 Å². The van der Waals surface area contributed by atoms with Crippen LogP contribution in [0, 0.1) is 0 Å². The van der Waals surface area contributed by atoms with E-state index in [4.69, 9.17) is 4.74 Å². The highest BCUT2D eigenvalue weighted by atomic mass is 32.1. The number of benzene rings is 1. The van der Waals surface area contributed by atoms with Gasteiger partial charge in [0.15, 0.2) is 0 Å². The monoisotopic (exact) mass is 361 g/mol. The Labute approximate surface area is 153 Å². The van der Waals surface area contributed by atoms with E-state index >= 15 is 0 Å². The zero-order valence-corrected chi connectivity index (χ0v) is 15.8. The minimum atomic E-state index is 0.114. The highest BCUT2D eigenvalue weighted by Crippen LogP contribution is 2.22. The number of para-hydroxylation sites is 1. The molecule has 6 heteroatoms. The number of nitrogens with zero attached hydrogens (tertiary/aromatic N) is 2. The highest BCUT2D eigenvalue weighted by Gasteiger charge is 2.21. The average molecular weight is 362 g/mol. The molecule has 0 aliphatic carbocycles. The SMILES string of the molecule is C[C@H]1CN(CCCNC(=O)CCc2nc3ccccc3s2)C[C@H](C)O1. The van der Waals surface area contributed by atoms with Gasteiger partial charge >= 0.3 is 0 Å². The van der Waals surface area contributed by atoms with Gasteiger partial charge in [-0.3, -0.25) is 9.69 Å². The Bertz CT molecular complexity index is 660. The zero-order chi connectivity index (χ0) is 17.6. The number of hydrogen-bond donors (Lipinski definition) is 1. The summed E-state index contributed by atoms with van der Waals surface area (Å²) in [6, 6.07) is 8.11. The van der Waals surface area contributed by atoms with Crippen molar-refractivity contribution in [1.82, 2.24) is 15.2 Å². The van der Waals surface area contributed by atoms with E-state index in [0.717, 1.165) is 43.1 Å². The van der Waals surface area contributed by atoms with Gasteiger partial charge in [0.25, 0.3) is 0 Å². The Balaban J connectivity index is 1.33. The molecule has 2 aromatic rings. The number of fused-ring (bicyclic) bond motifs is 1. The highest BCUT2D eigenvalue weighted by molar-refractivity contribution is 7.18. The summed E-state index contributed by atoms with van der Waals surface area (Å²) < 4.78 is 6.93. The van der Waals surface area contributed by atoms with Gasteiger partial charge in [-0.1, -0.05) is 12.1 Å². The molecule has 2 heterocycles. The summed E-state index contributed by atoms with van der Waals surface area (Å²) in [5.41, 5.74) is 1.02. The number of ether oxygens (including phenoxy) is 1. The molecule has 2 atom stereocenters. The molecule has 1 N–H and O–H groups in total. The van der Waals surface area contributed by atoms with Crippen LogP contribution in [0.15, 0.2) is 24.3 Å². The van der Waals surface area contributed by atoms with E-state index in [1.54, 1.807) is 11.3 Å². The Morgan fingerprint density at radius 1 is 1.32 bits per heavy atom. The molecule has 3 rings (SSSR count). The van der Waals surface area contributed by atoms with Crippen LogP contribution in [0.25, 0.3) is 10.2 Å². The van der Waals surface area contributed by atoms with Crippen LogP contribution in [-0.2, 0) is 16.0 Å². The van der Waals surface area contributed by atoms with Crippen molar-refractivity contribution in [2.24, 2.45) is 0 Å². The molecule has 136 valence electrons. The number of hydrogen-bond acceptors (Lipinski definition) is 5. The Morgan fingerprint density at radius 2 is 2.08 bits per heavy atom. The molecule has 1 aromatic heterocycles. The van der Waals surface area contributed by atoms with Gasteiger partial charge in [0.05, 0.1) is 27.4 Å². The second kappa shape index (κ2) is 8.74. The summed E-state index contributed by atoms with van der Waals surface area (Å²) in [7, 11) is 0. The molecule has 1 aliphatic heterocycles. The van der Waals surface area contributed by atoms with E-state index in [2.05, 4.69) is 35.1 Å². The molecule has 1 aliphatic rings. The molecule has 0 unspecified atom stereocenters. The van der Waals surface area contributed by atoms with Crippen LogP contribution in [-0.4, -0.2) is 54.2 Å². The lowest BCUT2D eigenvalue weighted by molar-refractivity contribution is -0.121. The molecule has 0 radical (unpaired) electrons. The quantitative estimate of drug-likeness (QED) is 0.771. The minimum Gasteiger partial charge on any atom is -0.373 e. The third kappa shape index (κ3) is 5.49. The molecule has 25 heavy (non-hydrogen) atoms. The summed E-state index contributed by atoms with van der Waals surface area (Å²) in [5.74, 6) is 0.114. The summed E-state index contributed by atoms with van der Waals surface area (Å²) in [4.78, 5) is 19.0. The maximum absolute atomic E-state index is 12.0.